The monoisotopic (exact) mass is 294 g/mol. The first-order valence-corrected chi connectivity index (χ1v) is 5.93. The summed E-state index contributed by atoms with van der Waals surface area (Å²) >= 11 is 9.32. The standard InChI is InChI=1S/C11H13BrClFO/c1-15-7-9(13)4-2-8-3-5-10(14)6-11(8)12/h3,5-6,9H,2,4,7H2,1H3. The number of ether oxygens (including phenoxy) is 1. The minimum Gasteiger partial charge on any atom is -0.383 e. The van der Waals surface area contributed by atoms with Crippen molar-refractivity contribution in [1.29, 1.82) is 0 Å². The molecule has 0 aliphatic rings. The summed E-state index contributed by atoms with van der Waals surface area (Å²) in [6, 6.07) is 4.70. The number of alkyl halides is 1. The molecule has 15 heavy (non-hydrogen) atoms. The topological polar surface area (TPSA) is 9.23 Å². The molecule has 0 N–H and O–H groups in total. The van der Waals surface area contributed by atoms with E-state index in [-0.39, 0.29) is 11.2 Å². The average Bonchev–Trinajstić information content (AvgIpc) is 2.17. The van der Waals surface area contributed by atoms with Gasteiger partial charge in [0.2, 0.25) is 0 Å². The van der Waals surface area contributed by atoms with E-state index >= 15 is 0 Å². The number of hydrogen-bond acceptors (Lipinski definition) is 1. The van der Waals surface area contributed by atoms with Gasteiger partial charge in [-0.25, -0.2) is 4.39 Å². The molecular weight excluding hydrogens is 282 g/mol. The molecule has 4 heteroatoms. The van der Waals surface area contributed by atoms with E-state index in [0.717, 1.165) is 22.9 Å². The van der Waals surface area contributed by atoms with Gasteiger partial charge in [-0.1, -0.05) is 22.0 Å². The maximum atomic E-state index is 12.8. The predicted molar refractivity (Wildman–Crippen MR) is 63.9 cm³/mol. The second-order valence-electron chi connectivity index (χ2n) is 3.33. The molecule has 1 atom stereocenters. The maximum absolute atomic E-state index is 12.8. The van der Waals surface area contributed by atoms with Gasteiger partial charge in [-0.2, -0.15) is 0 Å². The van der Waals surface area contributed by atoms with Crippen LogP contribution in [0.5, 0.6) is 0 Å². The van der Waals surface area contributed by atoms with E-state index in [1.165, 1.54) is 12.1 Å². The second kappa shape index (κ2) is 6.46. The quantitative estimate of drug-likeness (QED) is 0.751. The lowest BCUT2D eigenvalue weighted by atomic mass is 10.1. The summed E-state index contributed by atoms with van der Waals surface area (Å²) in [5.41, 5.74) is 1.07. The second-order valence-corrected chi connectivity index (χ2v) is 4.80. The van der Waals surface area contributed by atoms with E-state index in [1.54, 1.807) is 13.2 Å². The van der Waals surface area contributed by atoms with Crippen molar-refractivity contribution in [3.8, 4) is 0 Å². The summed E-state index contributed by atoms with van der Waals surface area (Å²) in [6.45, 7) is 0.542. The number of hydrogen-bond donors (Lipinski definition) is 0. The van der Waals surface area contributed by atoms with E-state index in [4.69, 9.17) is 16.3 Å². The highest BCUT2D eigenvalue weighted by Gasteiger charge is 2.07. The molecule has 1 unspecified atom stereocenters. The summed E-state index contributed by atoms with van der Waals surface area (Å²) < 4.78 is 18.5. The fourth-order valence-corrected chi connectivity index (χ4v) is 2.08. The van der Waals surface area contributed by atoms with E-state index in [9.17, 15) is 4.39 Å². The van der Waals surface area contributed by atoms with Gasteiger partial charge in [-0.15, -0.1) is 11.6 Å². The molecule has 1 rings (SSSR count). The van der Waals surface area contributed by atoms with Crippen LogP contribution in [0.15, 0.2) is 22.7 Å². The predicted octanol–water partition coefficient (Wildman–Crippen LogP) is 3.77. The van der Waals surface area contributed by atoms with Crippen molar-refractivity contribution in [3.05, 3.63) is 34.1 Å². The molecule has 0 fully saturated rings. The molecule has 0 bridgehead atoms. The van der Waals surface area contributed by atoms with Crippen molar-refractivity contribution in [2.45, 2.75) is 18.2 Å². The fraction of sp³-hybridized carbons (Fsp3) is 0.455. The Morgan fingerprint density at radius 1 is 1.53 bits per heavy atom. The molecule has 0 amide bonds. The zero-order valence-electron chi connectivity index (χ0n) is 8.47. The van der Waals surface area contributed by atoms with E-state index in [1.807, 2.05) is 0 Å². The van der Waals surface area contributed by atoms with Crippen molar-refractivity contribution in [2.75, 3.05) is 13.7 Å². The molecule has 0 saturated heterocycles. The molecule has 0 heterocycles. The third kappa shape index (κ3) is 4.49. The molecule has 0 aromatic heterocycles. The Hall–Kier alpha value is -0.120. The van der Waals surface area contributed by atoms with Gasteiger partial charge < -0.3 is 4.74 Å². The molecule has 0 radical (unpaired) electrons. The van der Waals surface area contributed by atoms with Gasteiger partial charge in [0, 0.05) is 11.6 Å². The minimum atomic E-state index is -0.232. The summed E-state index contributed by atoms with van der Waals surface area (Å²) in [6.07, 6.45) is 1.64. The lowest BCUT2D eigenvalue weighted by molar-refractivity contribution is 0.195. The van der Waals surface area contributed by atoms with Gasteiger partial charge in [-0.05, 0) is 30.5 Å². The number of rotatable bonds is 5. The van der Waals surface area contributed by atoms with Crippen LogP contribution in [-0.4, -0.2) is 19.1 Å². The van der Waals surface area contributed by atoms with E-state index in [2.05, 4.69) is 15.9 Å². The number of methoxy groups -OCH3 is 1. The third-order valence-corrected chi connectivity index (χ3v) is 3.17. The molecule has 1 aromatic rings. The highest BCUT2D eigenvalue weighted by atomic mass is 79.9. The van der Waals surface area contributed by atoms with Crippen molar-refractivity contribution in [1.82, 2.24) is 0 Å². The van der Waals surface area contributed by atoms with E-state index in [0.29, 0.717) is 6.61 Å². The molecule has 0 aliphatic heterocycles. The lowest BCUT2D eigenvalue weighted by Gasteiger charge is -2.09. The lowest BCUT2D eigenvalue weighted by Crippen LogP contribution is -2.08. The Morgan fingerprint density at radius 3 is 2.87 bits per heavy atom. The first kappa shape index (κ1) is 12.9. The van der Waals surface area contributed by atoms with Crippen LogP contribution in [0.1, 0.15) is 12.0 Å². The smallest absolute Gasteiger partial charge is 0.124 e. The van der Waals surface area contributed by atoms with Crippen LogP contribution in [0.2, 0.25) is 0 Å². The third-order valence-electron chi connectivity index (χ3n) is 2.09. The van der Waals surface area contributed by atoms with Crippen molar-refractivity contribution >= 4 is 27.5 Å². The van der Waals surface area contributed by atoms with Crippen LogP contribution in [0.3, 0.4) is 0 Å². The van der Waals surface area contributed by atoms with Crippen molar-refractivity contribution < 1.29 is 9.13 Å². The summed E-state index contributed by atoms with van der Waals surface area (Å²) in [5, 5.41) is 0.00644. The Kier molecular flexibility index (Phi) is 5.58. The summed E-state index contributed by atoms with van der Waals surface area (Å²) in [4.78, 5) is 0. The summed E-state index contributed by atoms with van der Waals surface area (Å²) in [5.74, 6) is -0.232. The van der Waals surface area contributed by atoms with Crippen LogP contribution in [-0.2, 0) is 11.2 Å². The van der Waals surface area contributed by atoms with Crippen LogP contribution < -0.4 is 0 Å². The van der Waals surface area contributed by atoms with Gasteiger partial charge in [0.1, 0.15) is 5.82 Å². The Balaban J connectivity index is 2.50. The van der Waals surface area contributed by atoms with E-state index < -0.39 is 0 Å². The van der Waals surface area contributed by atoms with Crippen LogP contribution in [0, 0.1) is 5.82 Å². The van der Waals surface area contributed by atoms with Crippen LogP contribution >= 0.6 is 27.5 Å². The fourth-order valence-electron chi connectivity index (χ4n) is 1.30. The van der Waals surface area contributed by atoms with Gasteiger partial charge in [-0.3, -0.25) is 0 Å². The largest absolute Gasteiger partial charge is 0.383 e. The van der Waals surface area contributed by atoms with Gasteiger partial charge in [0.25, 0.3) is 0 Å². The summed E-state index contributed by atoms with van der Waals surface area (Å²) in [7, 11) is 1.63. The van der Waals surface area contributed by atoms with Crippen molar-refractivity contribution in [3.63, 3.8) is 0 Å². The SMILES string of the molecule is COCC(Cl)CCc1ccc(F)cc1Br. The van der Waals surface area contributed by atoms with Gasteiger partial charge in [0.15, 0.2) is 0 Å². The molecule has 0 aliphatic carbocycles. The Morgan fingerprint density at radius 2 is 2.27 bits per heavy atom. The van der Waals surface area contributed by atoms with Gasteiger partial charge >= 0.3 is 0 Å². The average molecular weight is 296 g/mol. The number of halogens is 3. The number of aryl methyl sites for hydroxylation is 1. The van der Waals surface area contributed by atoms with Gasteiger partial charge in [0.05, 0.1) is 12.0 Å². The maximum Gasteiger partial charge on any atom is 0.124 e. The first-order valence-electron chi connectivity index (χ1n) is 4.70. The zero-order chi connectivity index (χ0) is 11.3. The van der Waals surface area contributed by atoms with Crippen LogP contribution in [0.25, 0.3) is 0 Å². The first-order chi connectivity index (χ1) is 7.13. The van der Waals surface area contributed by atoms with Crippen LogP contribution in [0.4, 0.5) is 4.39 Å². The molecule has 0 spiro atoms. The Labute approximate surface area is 103 Å². The highest BCUT2D eigenvalue weighted by Crippen LogP contribution is 2.20. The molecule has 84 valence electrons. The molecule has 1 nitrogen and oxygen atoms in total. The number of benzene rings is 1. The normalized spacial score (nSPS) is 12.8. The van der Waals surface area contributed by atoms with Crippen molar-refractivity contribution in [2.24, 2.45) is 0 Å². The molecular formula is C11H13BrClFO. The molecule has 0 saturated carbocycles. The zero-order valence-corrected chi connectivity index (χ0v) is 10.8. The molecule has 1 aromatic carbocycles. The minimum absolute atomic E-state index is 0.00644. The highest BCUT2D eigenvalue weighted by molar-refractivity contribution is 9.10. The Bertz CT molecular complexity index is 319.